The van der Waals surface area contributed by atoms with E-state index in [0.29, 0.717) is 0 Å². The summed E-state index contributed by atoms with van der Waals surface area (Å²) in [5.74, 6) is 0. The van der Waals surface area contributed by atoms with Gasteiger partial charge in [-0.3, -0.25) is 0 Å². The summed E-state index contributed by atoms with van der Waals surface area (Å²) in [6.45, 7) is 6.58. The minimum Gasteiger partial charge on any atom is -0.412 e. The first-order chi connectivity index (χ1) is 4.77. The maximum absolute atomic E-state index is 5.58. The second-order valence-corrected chi connectivity index (χ2v) is 3.10. The fourth-order valence-corrected chi connectivity index (χ4v) is 1.35. The monoisotopic (exact) mass is 162 g/mol. The summed E-state index contributed by atoms with van der Waals surface area (Å²) in [6, 6.07) is 0. The van der Waals surface area contributed by atoms with Crippen molar-refractivity contribution in [1.29, 1.82) is 0 Å². The van der Waals surface area contributed by atoms with Crippen LogP contribution in [0.5, 0.6) is 0 Å². The molecule has 0 amide bonds. The topological polar surface area (TPSA) is 50.0 Å². The van der Waals surface area contributed by atoms with Crippen LogP contribution in [0.2, 0.25) is 0 Å². The maximum Gasteiger partial charge on any atom is 0.0887 e. The molecule has 1 saturated heterocycles. The van der Waals surface area contributed by atoms with Crippen LogP contribution in [-0.2, 0) is 9.47 Å². The lowest BCUT2D eigenvalue weighted by atomic mass is 10.0. The molecule has 1 atom stereocenters. The summed E-state index contributed by atoms with van der Waals surface area (Å²) >= 11 is 0. The lowest BCUT2D eigenvalue weighted by molar-refractivity contribution is -0.150. The van der Waals surface area contributed by atoms with Gasteiger partial charge in [0.1, 0.15) is 0 Å². The normalized spacial score (nSPS) is 31.1. The van der Waals surface area contributed by atoms with E-state index >= 15 is 0 Å². The van der Waals surface area contributed by atoms with Crippen LogP contribution in [0.25, 0.3) is 0 Å². The zero-order valence-corrected chi connectivity index (χ0v) is 7.35. The van der Waals surface area contributed by atoms with E-state index in [-0.39, 0.29) is 11.1 Å². The lowest BCUT2D eigenvalue weighted by Crippen LogP contribution is -2.40. The molecular formula is C8H18O3. The van der Waals surface area contributed by atoms with Crippen molar-refractivity contribution in [3.05, 3.63) is 0 Å². The van der Waals surface area contributed by atoms with Crippen LogP contribution in [0.15, 0.2) is 0 Å². The summed E-state index contributed by atoms with van der Waals surface area (Å²) in [4.78, 5) is 0. The summed E-state index contributed by atoms with van der Waals surface area (Å²) < 4.78 is 10.9. The highest BCUT2D eigenvalue weighted by Gasteiger charge is 2.26. The molecule has 1 aliphatic heterocycles. The third kappa shape index (κ3) is 3.18. The summed E-state index contributed by atoms with van der Waals surface area (Å²) in [5, 5.41) is 0. The minimum atomic E-state index is 0. The Labute approximate surface area is 68.0 Å². The molecule has 0 aromatic carbocycles. The zero-order chi connectivity index (χ0) is 7.45. The van der Waals surface area contributed by atoms with Crippen LogP contribution >= 0.6 is 0 Å². The van der Waals surface area contributed by atoms with Gasteiger partial charge in [0, 0.05) is 0 Å². The first-order valence-electron chi connectivity index (χ1n) is 3.98. The van der Waals surface area contributed by atoms with Gasteiger partial charge in [0.15, 0.2) is 0 Å². The molecule has 0 aliphatic carbocycles. The van der Waals surface area contributed by atoms with Gasteiger partial charge in [0.05, 0.1) is 25.4 Å². The Bertz CT molecular complexity index is 92.0. The Morgan fingerprint density at radius 1 is 1.36 bits per heavy atom. The third-order valence-electron chi connectivity index (χ3n) is 1.86. The first kappa shape index (κ1) is 10.9. The van der Waals surface area contributed by atoms with Gasteiger partial charge in [0.25, 0.3) is 0 Å². The number of rotatable bonds is 2. The van der Waals surface area contributed by atoms with E-state index in [1.807, 2.05) is 0 Å². The van der Waals surface area contributed by atoms with E-state index in [4.69, 9.17) is 9.47 Å². The Morgan fingerprint density at radius 2 is 2.09 bits per heavy atom. The number of hydrogen-bond donors (Lipinski definition) is 0. The van der Waals surface area contributed by atoms with E-state index in [1.54, 1.807) is 0 Å². The molecule has 0 aromatic heterocycles. The molecule has 11 heavy (non-hydrogen) atoms. The SMILES string of the molecule is CCCC1(C)COCCO1.O. The quantitative estimate of drug-likeness (QED) is 0.602. The van der Waals surface area contributed by atoms with Gasteiger partial charge >= 0.3 is 0 Å². The van der Waals surface area contributed by atoms with Crippen LogP contribution in [0, 0.1) is 0 Å². The van der Waals surface area contributed by atoms with Gasteiger partial charge in [-0.25, -0.2) is 0 Å². The minimum absolute atomic E-state index is 0. The molecule has 1 rings (SSSR count). The smallest absolute Gasteiger partial charge is 0.0887 e. The second-order valence-electron chi connectivity index (χ2n) is 3.10. The molecule has 1 heterocycles. The van der Waals surface area contributed by atoms with Crippen LogP contribution in [0.3, 0.4) is 0 Å². The van der Waals surface area contributed by atoms with E-state index in [9.17, 15) is 0 Å². The molecular weight excluding hydrogens is 144 g/mol. The van der Waals surface area contributed by atoms with Crippen LogP contribution in [0.1, 0.15) is 26.7 Å². The van der Waals surface area contributed by atoms with Gasteiger partial charge < -0.3 is 14.9 Å². The van der Waals surface area contributed by atoms with Crippen LogP contribution in [0.4, 0.5) is 0 Å². The van der Waals surface area contributed by atoms with Crippen molar-refractivity contribution in [2.24, 2.45) is 0 Å². The molecule has 3 nitrogen and oxygen atoms in total. The van der Waals surface area contributed by atoms with Gasteiger partial charge in [-0.05, 0) is 13.3 Å². The second kappa shape index (κ2) is 4.70. The molecule has 0 spiro atoms. The largest absolute Gasteiger partial charge is 0.412 e. The molecule has 2 N–H and O–H groups in total. The Hall–Kier alpha value is -0.120. The molecule has 1 aliphatic rings. The van der Waals surface area contributed by atoms with E-state index in [1.165, 1.54) is 6.42 Å². The molecule has 0 saturated carbocycles. The average molecular weight is 162 g/mol. The Morgan fingerprint density at radius 3 is 2.55 bits per heavy atom. The molecule has 68 valence electrons. The van der Waals surface area contributed by atoms with E-state index in [2.05, 4.69) is 13.8 Å². The van der Waals surface area contributed by atoms with Gasteiger partial charge in [-0.1, -0.05) is 13.3 Å². The Kier molecular flexibility index (Phi) is 4.65. The van der Waals surface area contributed by atoms with Crippen molar-refractivity contribution >= 4 is 0 Å². The summed E-state index contributed by atoms with van der Waals surface area (Å²) in [7, 11) is 0. The molecule has 3 heteroatoms. The highest BCUT2D eigenvalue weighted by atomic mass is 16.6. The van der Waals surface area contributed by atoms with Crippen molar-refractivity contribution in [3.8, 4) is 0 Å². The van der Waals surface area contributed by atoms with Crippen molar-refractivity contribution in [3.63, 3.8) is 0 Å². The Balaban J connectivity index is 0.000001000. The summed E-state index contributed by atoms with van der Waals surface area (Å²) in [6.07, 6.45) is 2.27. The molecule has 1 unspecified atom stereocenters. The number of ether oxygens (including phenoxy) is 2. The van der Waals surface area contributed by atoms with Crippen molar-refractivity contribution in [1.82, 2.24) is 0 Å². The van der Waals surface area contributed by atoms with E-state index < -0.39 is 0 Å². The van der Waals surface area contributed by atoms with Gasteiger partial charge in [0.2, 0.25) is 0 Å². The standard InChI is InChI=1S/C8H16O2.H2O/c1-3-4-8(2)7-9-5-6-10-8;/h3-7H2,1-2H3;1H2. The fraction of sp³-hybridized carbons (Fsp3) is 1.00. The van der Waals surface area contributed by atoms with Crippen molar-refractivity contribution in [2.75, 3.05) is 19.8 Å². The zero-order valence-electron chi connectivity index (χ0n) is 7.35. The summed E-state index contributed by atoms with van der Waals surface area (Å²) in [5.41, 5.74) is 0.00694. The van der Waals surface area contributed by atoms with Gasteiger partial charge in [-0.15, -0.1) is 0 Å². The van der Waals surface area contributed by atoms with Gasteiger partial charge in [-0.2, -0.15) is 0 Å². The molecule has 0 radical (unpaired) electrons. The van der Waals surface area contributed by atoms with Crippen molar-refractivity contribution in [2.45, 2.75) is 32.3 Å². The third-order valence-corrected chi connectivity index (χ3v) is 1.86. The van der Waals surface area contributed by atoms with Crippen LogP contribution < -0.4 is 0 Å². The van der Waals surface area contributed by atoms with Crippen LogP contribution in [-0.4, -0.2) is 30.9 Å². The fourth-order valence-electron chi connectivity index (χ4n) is 1.35. The molecule has 1 fully saturated rings. The predicted octanol–water partition coefficient (Wildman–Crippen LogP) is 0.767. The highest BCUT2D eigenvalue weighted by molar-refractivity contribution is 4.76. The lowest BCUT2D eigenvalue weighted by Gasteiger charge is -2.33. The maximum atomic E-state index is 5.58. The first-order valence-corrected chi connectivity index (χ1v) is 3.98. The van der Waals surface area contributed by atoms with Crippen molar-refractivity contribution < 1.29 is 14.9 Å². The highest BCUT2D eigenvalue weighted by Crippen LogP contribution is 2.20. The average Bonchev–Trinajstić information content (AvgIpc) is 1.89. The van der Waals surface area contributed by atoms with E-state index in [0.717, 1.165) is 26.2 Å². The molecule has 0 bridgehead atoms. The number of hydrogen-bond acceptors (Lipinski definition) is 2. The molecule has 0 aromatic rings. The predicted molar refractivity (Wildman–Crippen MR) is 43.7 cm³/mol.